The van der Waals surface area contributed by atoms with E-state index in [1.807, 2.05) is 91.0 Å². The molecular formula is C52H41Cl3LiN11O5. The van der Waals surface area contributed by atoms with Crippen molar-refractivity contribution in [3.63, 3.8) is 0 Å². The molecule has 7 heterocycles. The van der Waals surface area contributed by atoms with Gasteiger partial charge in [-0.15, -0.1) is 20.4 Å². The summed E-state index contributed by atoms with van der Waals surface area (Å²) in [5.41, 5.74) is 15.2. The molecule has 0 unspecified atom stereocenters. The summed E-state index contributed by atoms with van der Waals surface area (Å²) in [7, 11) is 1.34. The maximum Gasteiger partial charge on any atom is 1.00 e. The fraction of sp³-hybridized carbons (Fsp3) is 0.0769. The van der Waals surface area contributed by atoms with Crippen LogP contribution in [0.2, 0.25) is 15.1 Å². The van der Waals surface area contributed by atoms with Crippen LogP contribution in [-0.2, 0) is 24.0 Å². The predicted molar refractivity (Wildman–Crippen MR) is 269 cm³/mol. The Balaban J connectivity index is 0.000000164. The summed E-state index contributed by atoms with van der Waals surface area (Å²) < 4.78 is 8.10. The second-order valence-corrected chi connectivity index (χ2v) is 16.7. The number of fused-ring (bicyclic) bond motifs is 2. The quantitative estimate of drug-likeness (QED) is 0.124. The Morgan fingerprint density at radius 1 is 0.569 bits per heavy atom. The molecule has 0 atom stereocenters. The zero-order valence-electron chi connectivity index (χ0n) is 38.6. The summed E-state index contributed by atoms with van der Waals surface area (Å²) in [6.45, 7) is 0. The van der Waals surface area contributed by atoms with E-state index in [9.17, 15) is 19.5 Å². The SMILES string of the molecule is COC(=O)c1ccc(Cc2cccc(Cl)c2)cn1.Nc1ccc2nncn2c1.O=C(Nc1ccc2nncn2c1)c1ccc(Cc2cccc(Cl)c2)cn1.O=C([O-])c1ccc(Cc2cccc(Cl)c2)cn1.[Li+]. The summed E-state index contributed by atoms with van der Waals surface area (Å²) in [5, 5.41) is 30.7. The molecule has 0 aliphatic rings. The van der Waals surface area contributed by atoms with Gasteiger partial charge in [0.15, 0.2) is 11.3 Å². The number of nitrogens with one attached hydrogen (secondary N) is 1. The van der Waals surface area contributed by atoms with E-state index in [0.717, 1.165) is 45.4 Å². The Labute approximate surface area is 440 Å². The molecule has 0 radical (unpaired) electrons. The van der Waals surface area contributed by atoms with Crippen molar-refractivity contribution in [3.8, 4) is 0 Å². The standard InChI is InChI=1S/C19H14ClN5O.C14H12ClNO2.C13H10ClNO2.C6H6N4.Li/c20-15-3-1-2-13(9-15)8-14-4-6-17(21-10-14)19(26)23-16-5-7-18-24-22-12-25(18)11-16;1-18-14(17)13-6-5-11(9-16-13)7-10-3-2-4-12(15)8-10;14-11-3-1-2-9(7-11)6-10-4-5-12(13(16)17)15-8-10;7-5-1-2-6-9-8-4-10(6)3-5;/h1-7,9-12H,8H2,(H,23,26);2-6,8-9H,7H2,1H3;1-5,7-8H,6H2,(H,16,17);1-4H,7H2;/q;;;;+1/p-1. The first-order valence-electron chi connectivity index (χ1n) is 21.4. The van der Waals surface area contributed by atoms with Gasteiger partial charge in [-0.2, -0.15) is 0 Å². The van der Waals surface area contributed by atoms with E-state index in [1.165, 1.54) is 19.4 Å². The van der Waals surface area contributed by atoms with Crippen LogP contribution in [0.1, 0.15) is 64.8 Å². The Bertz CT molecular complexity index is 3400. The molecule has 0 aliphatic heterocycles. The fourth-order valence-electron chi connectivity index (χ4n) is 6.66. The maximum atomic E-state index is 12.4. The molecular weight excluding hydrogens is 972 g/mol. The summed E-state index contributed by atoms with van der Waals surface area (Å²) in [6, 6.07) is 40.3. The molecule has 10 aromatic rings. The smallest absolute Gasteiger partial charge is 0.543 e. The minimum atomic E-state index is -1.26. The number of esters is 1. The molecule has 0 saturated carbocycles. The van der Waals surface area contributed by atoms with Gasteiger partial charge in [-0.05, 0) is 132 Å². The molecule has 0 spiro atoms. The molecule has 0 aliphatic carbocycles. The molecule has 3 N–H and O–H groups in total. The minimum absolute atomic E-state index is 0. The first-order chi connectivity index (χ1) is 34.4. The van der Waals surface area contributed by atoms with E-state index in [1.54, 1.807) is 82.6 Å². The van der Waals surface area contributed by atoms with Crippen molar-refractivity contribution in [2.75, 3.05) is 18.2 Å². The Morgan fingerprint density at radius 2 is 1.01 bits per heavy atom. The van der Waals surface area contributed by atoms with E-state index in [4.69, 9.17) is 40.5 Å². The number of nitrogens with zero attached hydrogens (tertiary/aromatic N) is 9. The second-order valence-electron chi connectivity index (χ2n) is 15.4. The molecule has 0 fully saturated rings. The number of nitrogen functional groups attached to an aromatic ring is 1. The van der Waals surface area contributed by atoms with Gasteiger partial charge in [0, 0.05) is 51.7 Å². The zero-order valence-corrected chi connectivity index (χ0v) is 40.9. The number of rotatable bonds is 10. The van der Waals surface area contributed by atoms with E-state index >= 15 is 0 Å². The number of carbonyl (C=O) groups is 3. The third-order valence-electron chi connectivity index (χ3n) is 10.1. The van der Waals surface area contributed by atoms with Crippen LogP contribution in [0.25, 0.3) is 11.3 Å². The van der Waals surface area contributed by atoms with Crippen molar-refractivity contribution in [1.29, 1.82) is 0 Å². The van der Waals surface area contributed by atoms with Crippen LogP contribution < -0.4 is 35.0 Å². The predicted octanol–water partition coefficient (Wildman–Crippen LogP) is 5.74. The number of carbonyl (C=O) groups excluding carboxylic acids is 3. The van der Waals surface area contributed by atoms with E-state index < -0.39 is 11.9 Å². The van der Waals surface area contributed by atoms with Gasteiger partial charge < -0.3 is 25.7 Å². The molecule has 0 saturated heterocycles. The number of benzene rings is 3. The van der Waals surface area contributed by atoms with Crippen molar-refractivity contribution in [3.05, 3.63) is 243 Å². The van der Waals surface area contributed by atoms with Gasteiger partial charge in [0.05, 0.1) is 24.5 Å². The average Bonchev–Trinajstić information content (AvgIpc) is 4.05. The van der Waals surface area contributed by atoms with Crippen LogP contribution >= 0.6 is 34.8 Å². The number of carboxylic acids is 1. The van der Waals surface area contributed by atoms with Crippen molar-refractivity contribution in [2.45, 2.75) is 19.3 Å². The molecule has 20 heteroatoms. The van der Waals surface area contributed by atoms with Crippen LogP contribution in [0, 0.1) is 0 Å². The minimum Gasteiger partial charge on any atom is -0.543 e. The molecule has 72 heavy (non-hydrogen) atoms. The molecule has 0 bridgehead atoms. The van der Waals surface area contributed by atoms with Crippen molar-refractivity contribution < 1.29 is 43.1 Å². The third-order valence-corrected chi connectivity index (χ3v) is 10.8. The van der Waals surface area contributed by atoms with Gasteiger partial charge in [-0.3, -0.25) is 23.6 Å². The molecule has 1 amide bonds. The Kier molecular flexibility index (Phi) is 19.5. The second kappa shape index (κ2) is 26.3. The number of hydrogen-bond donors (Lipinski definition) is 2. The molecule has 16 nitrogen and oxygen atoms in total. The topological polar surface area (TPSA) is 221 Å². The number of nitrogens with two attached hydrogens (primary N) is 1. The van der Waals surface area contributed by atoms with Gasteiger partial charge in [0.1, 0.15) is 24.0 Å². The van der Waals surface area contributed by atoms with Gasteiger partial charge in [0.25, 0.3) is 5.91 Å². The summed E-state index contributed by atoms with van der Waals surface area (Å²) in [5.74, 6) is -1.96. The number of aromatic carboxylic acids is 1. The van der Waals surface area contributed by atoms with E-state index in [2.05, 4.69) is 45.4 Å². The first-order valence-corrected chi connectivity index (χ1v) is 22.5. The number of aromatic nitrogens is 9. The molecule has 356 valence electrons. The van der Waals surface area contributed by atoms with Crippen molar-refractivity contribution >= 4 is 75.3 Å². The normalized spacial score (nSPS) is 10.3. The van der Waals surface area contributed by atoms with Crippen LogP contribution in [0.3, 0.4) is 0 Å². The first kappa shape index (κ1) is 53.4. The summed E-state index contributed by atoms with van der Waals surface area (Å²) in [6.07, 6.45) is 13.7. The van der Waals surface area contributed by atoms with E-state index in [0.29, 0.717) is 56.3 Å². The molecule has 7 aromatic heterocycles. The number of hydrogen-bond acceptors (Lipinski definition) is 13. The number of methoxy groups -OCH3 is 1. The monoisotopic (exact) mass is 1010 g/mol. The van der Waals surface area contributed by atoms with Gasteiger partial charge in [0.2, 0.25) is 0 Å². The number of carboxylic acid groups (broad SMARTS) is 1. The van der Waals surface area contributed by atoms with Gasteiger partial charge in [-0.1, -0.05) is 89.4 Å². The van der Waals surface area contributed by atoms with Crippen LogP contribution in [-0.4, -0.2) is 69.1 Å². The van der Waals surface area contributed by atoms with Crippen molar-refractivity contribution in [2.24, 2.45) is 0 Å². The fourth-order valence-corrected chi connectivity index (χ4v) is 7.30. The van der Waals surface area contributed by atoms with Gasteiger partial charge >= 0.3 is 24.8 Å². The number of anilines is 2. The number of halogens is 3. The summed E-state index contributed by atoms with van der Waals surface area (Å²) >= 11 is 17.8. The van der Waals surface area contributed by atoms with Crippen LogP contribution in [0.4, 0.5) is 11.4 Å². The van der Waals surface area contributed by atoms with Crippen LogP contribution in [0.15, 0.2) is 177 Å². The largest absolute Gasteiger partial charge is 1.00 e. The number of pyridine rings is 5. The van der Waals surface area contributed by atoms with E-state index in [-0.39, 0.29) is 30.5 Å². The summed E-state index contributed by atoms with van der Waals surface area (Å²) in [4.78, 5) is 46.3. The van der Waals surface area contributed by atoms with Gasteiger partial charge in [-0.25, -0.2) is 9.78 Å². The van der Waals surface area contributed by atoms with Crippen molar-refractivity contribution in [1.82, 2.24) is 44.1 Å². The average molecular weight is 1010 g/mol. The number of amides is 1. The molecule has 10 rings (SSSR count). The number of ether oxygens (including phenoxy) is 1. The molecule has 3 aromatic carbocycles. The van der Waals surface area contributed by atoms with Crippen LogP contribution in [0.5, 0.6) is 0 Å². The Morgan fingerprint density at radius 3 is 1.44 bits per heavy atom. The zero-order chi connectivity index (χ0) is 50.1. The Hall–Kier alpha value is -7.97. The maximum absolute atomic E-state index is 12.4. The third kappa shape index (κ3) is 16.0.